The maximum atomic E-state index is 15.0. The van der Waals surface area contributed by atoms with Gasteiger partial charge in [0.15, 0.2) is 0 Å². The van der Waals surface area contributed by atoms with Crippen LogP contribution in [0, 0.1) is 17.0 Å². The van der Waals surface area contributed by atoms with Gasteiger partial charge in [0.25, 0.3) is 11.8 Å². The van der Waals surface area contributed by atoms with Crippen LogP contribution in [-0.2, 0) is 25.7 Å². The average molecular weight is 693 g/mol. The molecule has 1 aliphatic rings. The second kappa shape index (κ2) is 17.3. The summed E-state index contributed by atoms with van der Waals surface area (Å²) in [7, 11) is 0. The maximum Gasteiger partial charge on any atom is 0.253 e. The SMILES string of the molecule is CC(C)(C)[C@H](c1cc(-c2cc(F)ccc2F)cn1Cc1ccccc1)N(CCO)CC[C@H](N)C(=O)NCCNC(=O)CCN1C(=O)C=CC1=O. The Morgan fingerprint density at radius 1 is 0.960 bits per heavy atom. The largest absolute Gasteiger partial charge is 0.395 e. The zero-order chi connectivity index (χ0) is 36.4. The van der Waals surface area contributed by atoms with Gasteiger partial charge in [-0.3, -0.25) is 29.0 Å². The highest BCUT2D eigenvalue weighted by atomic mass is 19.1. The van der Waals surface area contributed by atoms with Crippen molar-refractivity contribution in [3.8, 4) is 11.1 Å². The highest BCUT2D eigenvalue weighted by Gasteiger charge is 2.35. The fourth-order valence-corrected chi connectivity index (χ4v) is 6.13. The van der Waals surface area contributed by atoms with Gasteiger partial charge < -0.3 is 26.0 Å². The summed E-state index contributed by atoms with van der Waals surface area (Å²) in [6.45, 7) is 7.32. The molecule has 0 radical (unpaired) electrons. The van der Waals surface area contributed by atoms with Crippen LogP contribution in [0.15, 0.2) is 72.9 Å². The Balaban J connectivity index is 1.43. The molecular formula is C37H46F2N6O5. The summed E-state index contributed by atoms with van der Waals surface area (Å²) in [6, 6.07) is 13.8. The summed E-state index contributed by atoms with van der Waals surface area (Å²) < 4.78 is 31.2. The van der Waals surface area contributed by atoms with Crippen molar-refractivity contribution in [2.45, 2.75) is 52.2 Å². The smallest absolute Gasteiger partial charge is 0.253 e. The molecule has 2 atom stereocenters. The molecule has 0 spiro atoms. The molecule has 50 heavy (non-hydrogen) atoms. The molecule has 2 aromatic carbocycles. The summed E-state index contributed by atoms with van der Waals surface area (Å²) >= 11 is 0. The number of rotatable bonds is 17. The number of benzene rings is 2. The Kier molecular flexibility index (Phi) is 13.2. The van der Waals surface area contributed by atoms with Crippen molar-refractivity contribution < 1.29 is 33.1 Å². The minimum Gasteiger partial charge on any atom is -0.395 e. The van der Waals surface area contributed by atoms with Crippen molar-refractivity contribution in [3.05, 3.63) is 95.8 Å². The number of aliphatic hydroxyl groups excluding tert-OH is 1. The molecule has 0 fully saturated rings. The number of amides is 4. The minimum absolute atomic E-state index is 0.0341. The first kappa shape index (κ1) is 38.1. The van der Waals surface area contributed by atoms with E-state index in [0.717, 1.165) is 40.4 Å². The summed E-state index contributed by atoms with van der Waals surface area (Å²) in [5, 5.41) is 15.5. The number of nitrogens with two attached hydrogens (primary N) is 1. The lowest BCUT2D eigenvalue weighted by atomic mass is 9.83. The van der Waals surface area contributed by atoms with Crippen LogP contribution in [0.3, 0.4) is 0 Å². The number of nitrogens with one attached hydrogen (secondary N) is 2. The van der Waals surface area contributed by atoms with E-state index in [-0.39, 0.29) is 63.1 Å². The fourth-order valence-electron chi connectivity index (χ4n) is 6.13. The van der Waals surface area contributed by atoms with E-state index in [1.807, 2.05) is 47.2 Å². The lowest BCUT2D eigenvalue weighted by Gasteiger charge is -2.41. The summed E-state index contributed by atoms with van der Waals surface area (Å²) in [4.78, 5) is 51.3. The Labute approximate surface area is 291 Å². The highest BCUT2D eigenvalue weighted by Crippen LogP contribution is 2.41. The Bertz CT molecular complexity index is 1670. The predicted octanol–water partition coefficient (Wildman–Crippen LogP) is 3.13. The molecule has 0 unspecified atom stereocenters. The summed E-state index contributed by atoms with van der Waals surface area (Å²) in [6.07, 6.45) is 4.32. The van der Waals surface area contributed by atoms with Gasteiger partial charge in [-0.15, -0.1) is 0 Å². The quantitative estimate of drug-likeness (QED) is 0.126. The lowest BCUT2D eigenvalue weighted by molar-refractivity contribution is -0.137. The molecule has 0 saturated heterocycles. The van der Waals surface area contributed by atoms with Gasteiger partial charge in [-0.05, 0) is 41.7 Å². The van der Waals surface area contributed by atoms with Crippen LogP contribution >= 0.6 is 0 Å². The summed E-state index contributed by atoms with van der Waals surface area (Å²) in [5.41, 5.74) is 8.39. The van der Waals surface area contributed by atoms with Gasteiger partial charge in [0.05, 0.1) is 18.7 Å². The third-order valence-corrected chi connectivity index (χ3v) is 8.49. The Morgan fingerprint density at radius 2 is 1.64 bits per heavy atom. The number of nitrogens with zero attached hydrogens (tertiary/aromatic N) is 3. The molecule has 0 saturated carbocycles. The number of hydrogen-bond acceptors (Lipinski definition) is 7. The second-order valence-corrected chi connectivity index (χ2v) is 13.4. The first-order chi connectivity index (χ1) is 23.8. The van der Waals surface area contributed by atoms with Crippen LogP contribution in [0.2, 0.25) is 0 Å². The maximum absolute atomic E-state index is 15.0. The molecule has 11 nitrogen and oxygen atoms in total. The minimum atomic E-state index is -0.889. The average Bonchev–Trinajstić information content (AvgIpc) is 3.62. The Morgan fingerprint density at radius 3 is 2.30 bits per heavy atom. The number of hydrogen-bond donors (Lipinski definition) is 4. The fraction of sp³-hybridized carbons (Fsp3) is 0.405. The van der Waals surface area contributed by atoms with Gasteiger partial charge in [-0.25, -0.2) is 8.78 Å². The number of aromatic nitrogens is 1. The van der Waals surface area contributed by atoms with Gasteiger partial charge in [0.1, 0.15) is 11.6 Å². The van der Waals surface area contributed by atoms with E-state index in [4.69, 9.17) is 5.73 Å². The zero-order valence-corrected chi connectivity index (χ0v) is 28.7. The molecule has 1 aromatic heterocycles. The molecule has 0 bridgehead atoms. The third kappa shape index (κ3) is 10.2. The molecule has 4 rings (SSSR count). The van der Waals surface area contributed by atoms with E-state index in [9.17, 15) is 33.1 Å². The van der Waals surface area contributed by atoms with Crippen LogP contribution in [-0.4, -0.2) is 88.5 Å². The number of carbonyl (C=O) groups is 4. The van der Waals surface area contributed by atoms with Crippen molar-refractivity contribution in [2.75, 3.05) is 39.3 Å². The molecule has 268 valence electrons. The van der Waals surface area contributed by atoms with Crippen molar-refractivity contribution in [3.63, 3.8) is 0 Å². The van der Waals surface area contributed by atoms with Crippen LogP contribution in [0.4, 0.5) is 8.78 Å². The van der Waals surface area contributed by atoms with Crippen LogP contribution in [0.1, 0.15) is 50.9 Å². The standard InChI is InChI=1S/C37H46F2N6O5/c1-37(2,3)35(31-21-26(28-22-27(38)9-10-29(28)39)24-44(31)23-25-7-5-4-6-8-25)43(19-20-46)17-13-30(40)36(50)42-16-15-41-32(47)14-18-45-33(48)11-12-34(45)49/h4-12,21-22,24,30,35,46H,13-20,23,40H2,1-3H3,(H,41,47)(H,42,50)/t30-,35-/m0/s1. The molecule has 4 amide bonds. The van der Waals surface area contributed by atoms with Gasteiger partial charge in [-0.1, -0.05) is 51.1 Å². The first-order valence-corrected chi connectivity index (χ1v) is 16.7. The van der Waals surface area contributed by atoms with Crippen LogP contribution in [0.25, 0.3) is 11.1 Å². The van der Waals surface area contributed by atoms with Crippen LogP contribution < -0.4 is 16.4 Å². The molecule has 5 N–H and O–H groups in total. The van der Waals surface area contributed by atoms with E-state index in [1.54, 1.807) is 0 Å². The molecule has 2 heterocycles. The van der Waals surface area contributed by atoms with Crippen molar-refractivity contribution in [1.82, 2.24) is 25.0 Å². The Hall–Kier alpha value is -4.72. The lowest BCUT2D eigenvalue weighted by Crippen LogP contribution is -2.47. The molecule has 1 aliphatic heterocycles. The first-order valence-electron chi connectivity index (χ1n) is 16.7. The van der Waals surface area contributed by atoms with Crippen LogP contribution in [0.5, 0.6) is 0 Å². The second-order valence-electron chi connectivity index (χ2n) is 13.4. The molecule has 0 aliphatic carbocycles. The van der Waals surface area contributed by atoms with Gasteiger partial charge in [0, 0.05) is 80.9 Å². The zero-order valence-electron chi connectivity index (χ0n) is 28.7. The van der Waals surface area contributed by atoms with Gasteiger partial charge in [-0.2, -0.15) is 0 Å². The van der Waals surface area contributed by atoms with E-state index in [2.05, 4.69) is 36.3 Å². The number of halogens is 2. The van der Waals surface area contributed by atoms with Crippen molar-refractivity contribution in [1.29, 1.82) is 0 Å². The third-order valence-electron chi connectivity index (χ3n) is 8.49. The van der Waals surface area contributed by atoms with E-state index in [0.29, 0.717) is 18.7 Å². The van der Waals surface area contributed by atoms with Gasteiger partial charge >= 0.3 is 0 Å². The van der Waals surface area contributed by atoms with Gasteiger partial charge in [0.2, 0.25) is 11.8 Å². The monoisotopic (exact) mass is 692 g/mol. The number of aliphatic hydroxyl groups is 1. The predicted molar refractivity (Wildman–Crippen MR) is 185 cm³/mol. The highest BCUT2D eigenvalue weighted by molar-refractivity contribution is 6.13. The van der Waals surface area contributed by atoms with E-state index < -0.39 is 40.8 Å². The number of carbonyl (C=O) groups excluding carboxylic acids is 4. The molecule has 3 aromatic rings. The van der Waals surface area contributed by atoms with Crippen molar-refractivity contribution >= 4 is 23.6 Å². The topological polar surface area (TPSA) is 150 Å². The van der Waals surface area contributed by atoms with E-state index >= 15 is 0 Å². The van der Waals surface area contributed by atoms with E-state index in [1.165, 1.54) is 6.07 Å². The normalized spacial score (nSPS) is 14.4. The molecular weight excluding hydrogens is 646 g/mol. The molecule has 13 heteroatoms. The summed E-state index contributed by atoms with van der Waals surface area (Å²) in [5.74, 6) is -2.79. The van der Waals surface area contributed by atoms with Crippen molar-refractivity contribution in [2.24, 2.45) is 11.1 Å². The number of imide groups is 1.